The maximum atomic E-state index is 12.1. The minimum absolute atomic E-state index is 0.266. The molecule has 0 aliphatic carbocycles. The van der Waals surface area contributed by atoms with Crippen molar-refractivity contribution in [2.24, 2.45) is 0 Å². The lowest BCUT2D eigenvalue weighted by Crippen LogP contribution is -2.49. The second kappa shape index (κ2) is 10.4. The normalized spacial score (nSPS) is 19.1. The van der Waals surface area contributed by atoms with Crippen molar-refractivity contribution < 1.29 is 19.4 Å². The van der Waals surface area contributed by atoms with Crippen LogP contribution in [0, 0.1) is 0 Å². The van der Waals surface area contributed by atoms with E-state index in [4.69, 9.17) is 4.74 Å². The quantitative estimate of drug-likeness (QED) is 0.674. The number of nitrogens with one attached hydrogen (secondary N) is 1. The van der Waals surface area contributed by atoms with Crippen molar-refractivity contribution in [1.29, 1.82) is 0 Å². The van der Waals surface area contributed by atoms with Crippen LogP contribution < -0.4 is 5.32 Å². The molecule has 0 aromatic rings. The highest BCUT2D eigenvalue weighted by Crippen LogP contribution is 2.17. The number of carbonyl (C=O) groups excluding carboxylic acids is 1. The Balaban J connectivity index is 2.26. The van der Waals surface area contributed by atoms with Crippen molar-refractivity contribution in [2.45, 2.75) is 57.9 Å². The lowest BCUT2D eigenvalue weighted by molar-refractivity contribution is -0.142. The fourth-order valence-corrected chi connectivity index (χ4v) is 2.43. The van der Waals surface area contributed by atoms with Crippen molar-refractivity contribution in [3.05, 3.63) is 0 Å². The number of hydrogen-bond acceptors (Lipinski definition) is 3. The lowest BCUT2D eigenvalue weighted by atomic mass is 10.1. The predicted molar refractivity (Wildman–Crippen MR) is 80.3 cm³/mol. The number of hydrogen-bond donors (Lipinski definition) is 2. The molecule has 1 unspecified atom stereocenters. The van der Waals surface area contributed by atoms with Crippen LogP contribution in [0.25, 0.3) is 0 Å². The Hall–Kier alpha value is -1.30. The maximum absolute atomic E-state index is 12.1. The van der Waals surface area contributed by atoms with Crippen molar-refractivity contribution in [2.75, 3.05) is 26.3 Å². The summed E-state index contributed by atoms with van der Waals surface area (Å²) >= 11 is 0. The molecule has 0 aromatic heterocycles. The van der Waals surface area contributed by atoms with E-state index in [-0.39, 0.29) is 6.03 Å². The Morgan fingerprint density at radius 3 is 2.71 bits per heavy atom. The molecule has 122 valence electrons. The Bertz CT molecular complexity index is 323. The van der Waals surface area contributed by atoms with E-state index in [9.17, 15) is 14.7 Å². The number of rotatable bonds is 8. The fraction of sp³-hybridized carbons (Fsp3) is 0.867. The number of likely N-dealkylation sites (tertiary alicyclic amines) is 1. The van der Waals surface area contributed by atoms with Crippen LogP contribution in [0.4, 0.5) is 4.79 Å². The van der Waals surface area contributed by atoms with E-state index in [0.29, 0.717) is 26.1 Å². The summed E-state index contributed by atoms with van der Waals surface area (Å²) in [5.41, 5.74) is 0. The van der Waals surface area contributed by atoms with Crippen molar-refractivity contribution in [3.8, 4) is 0 Å². The summed E-state index contributed by atoms with van der Waals surface area (Å²) in [6, 6.07) is -0.953. The van der Waals surface area contributed by atoms with E-state index in [1.807, 2.05) is 0 Å². The number of carbonyl (C=O) groups is 2. The number of aliphatic carboxylic acids is 1. The molecule has 6 nitrogen and oxygen atoms in total. The van der Waals surface area contributed by atoms with Crippen LogP contribution in [0.2, 0.25) is 0 Å². The van der Waals surface area contributed by atoms with Crippen molar-refractivity contribution in [1.82, 2.24) is 10.2 Å². The molecule has 0 saturated carbocycles. The fourth-order valence-electron chi connectivity index (χ4n) is 2.43. The van der Waals surface area contributed by atoms with Gasteiger partial charge in [0.15, 0.2) is 0 Å². The standard InChI is InChI=1S/C15H28N2O4/c1-2-3-11-21-12-7-9-16-15(20)17-10-6-4-5-8-13(17)14(18)19/h13H,2-12H2,1H3,(H,16,20)(H,18,19). The topological polar surface area (TPSA) is 78.9 Å². The monoisotopic (exact) mass is 300 g/mol. The predicted octanol–water partition coefficient (Wildman–Crippen LogP) is 2.23. The molecular formula is C15H28N2O4. The second-order valence-electron chi connectivity index (χ2n) is 5.45. The Labute approximate surface area is 126 Å². The molecule has 6 heteroatoms. The Morgan fingerprint density at radius 1 is 1.24 bits per heavy atom. The lowest BCUT2D eigenvalue weighted by Gasteiger charge is -2.27. The third-order valence-electron chi connectivity index (χ3n) is 3.68. The number of ether oxygens (including phenoxy) is 1. The first kappa shape index (κ1) is 17.8. The molecule has 1 rings (SSSR count). The van der Waals surface area contributed by atoms with Gasteiger partial charge in [0.1, 0.15) is 6.04 Å². The third kappa shape index (κ3) is 6.80. The van der Waals surface area contributed by atoms with Crippen molar-refractivity contribution in [3.63, 3.8) is 0 Å². The van der Waals surface area contributed by atoms with Gasteiger partial charge in [-0.3, -0.25) is 0 Å². The van der Waals surface area contributed by atoms with Gasteiger partial charge in [0.05, 0.1) is 0 Å². The molecule has 0 radical (unpaired) electrons. The zero-order valence-electron chi connectivity index (χ0n) is 13.0. The van der Waals surface area contributed by atoms with Gasteiger partial charge in [-0.2, -0.15) is 0 Å². The van der Waals surface area contributed by atoms with Gasteiger partial charge in [-0.25, -0.2) is 9.59 Å². The smallest absolute Gasteiger partial charge is 0.326 e. The molecule has 0 bridgehead atoms. The number of nitrogens with zero attached hydrogens (tertiary/aromatic N) is 1. The van der Waals surface area contributed by atoms with E-state index in [2.05, 4.69) is 12.2 Å². The molecule has 1 saturated heterocycles. The van der Waals surface area contributed by atoms with E-state index < -0.39 is 12.0 Å². The first-order valence-electron chi connectivity index (χ1n) is 8.01. The van der Waals surface area contributed by atoms with Gasteiger partial charge in [-0.15, -0.1) is 0 Å². The third-order valence-corrected chi connectivity index (χ3v) is 3.68. The summed E-state index contributed by atoms with van der Waals surface area (Å²) in [5.74, 6) is -0.907. The minimum Gasteiger partial charge on any atom is -0.480 e. The maximum Gasteiger partial charge on any atom is 0.326 e. The molecule has 0 spiro atoms. The molecule has 1 heterocycles. The molecule has 2 amide bonds. The highest BCUT2D eigenvalue weighted by molar-refractivity contribution is 5.82. The SMILES string of the molecule is CCCCOCCCNC(=O)N1CCCCCC1C(=O)O. The van der Waals surface area contributed by atoms with Crippen LogP contribution in [-0.4, -0.2) is 54.4 Å². The van der Waals surface area contributed by atoms with Crippen LogP contribution in [0.15, 0.2) is 0 Å². The van der Waals surface area contributed by atoms with Gasteiger partial charge in [0, 0.05) is 26.3 Å². The minimum atomic E-state index is -0.907. The van der Waals surface area contributed by atoms with Gasteiger partial charge in [0.2, 0.25) is 0 Å². The number of unbranched alkanes of at least 4 members (excludes halogenated alkanes) is 1. The van der Waals surface area contributed by atoms with E-state index in [1.165, 1.54) is 4.90 Å². The Kier molecular flexibility index (Phi) is 8.82. The summed E-state index contributed by atoms with van der Waals surface area (Å²) in [7, 11) is 0. The molecule has 1 fully saturated rings. The first-order valence-corrected chi connectivity index (χ1v) is 8.01. The molecule has 1 atom stereocenters. The Morgan fingerprint density at radius 2 is 2.00 bits per heavy atom. The summed E-state index contributed by atoms with van der Waals surface area (Å²) in [5, 5.41) is 12.0. The molecule has 2 N–H and O–H groups in total. The molecule has 1 aliphatic rings. The van der Waals surface area contributed by atoms with Crippen molar-refractivity contribution >= 4 is 12.0 Å². The van der Waals surface area contributed by atoms with Gasteiger partial charge in [0.25, 0.3) is 0 Å². The van der Waals surface area contributed by atoms with Crippen LogP contribution in [0.3, 0.4) is 0 Å². The summed E-state index contributed by atoms with van der Waals surface area (Å²) in [6.07, 6.45) is 6.19. The largest absolute Gasteiger partial charge is 0.480 e. The molecule has 21 heavy (non-hydrogen) atoms. The zero-order valence-corrected chi connectivity index (χ0v) is 13.0. The summed E-state index contributed by atoms with van der Waals surface area (Å²) < 4.78 is 5.42. The first-order chi connectivity index (χ1) is 10.2. The summed E-state index contributed by atoms with van der Waals surface area (Å²) in [4.78, 5) is 24.8. The number of amides is 2. The summed E-state index contributed by atoms with van der Waals surface area (Å²) in [6.45, 7) is 4.55. The van der Waals surface area contributed by atoms with E-state index in [0.717, 1.165) is 45.1 Å². The molecule has 1 aliphatic heterocycles. The zero-order chi connectivity index (χ0) is 15.5. The highest BCUT2D eigenvalue weighted by Gasteiger charge is 2.30. The molecule has 0 aromatic carbocycles. The van der Waals surface area contributed by atoms with Crippen LogP contribution in [0.1, 0.15) is 51.9 Å². The van der Waals surface area contributed by atoms with Gasteiger partial charge in [-0.1, -0.05) is 26.2 Å². The highest BCUT2D eigenvalue weighted by atomic mass is 16.5. The van der Waals surface area contributed by atoms with Gasteiger partial charge >= 0.3 is 12.0 Å². The number of carboxylic acids is 1. The second-order valence-corrected chi connectivity index (χ2v) is 5.45. The average Bonchev–Trinajstić information content (AvgIpc) is 2.72. The molecular weight excluding hydrogens is 272 g/mol. The average molecular weight is 300 g/mol. The number of urea groups is 1. The van der Waals surface area contributed by atoms with Gasteiger partial charge < -0.3 is 20.1 Å². The van der Waals surface area contributed by atoms with E-state index in [1.54, 1.807) is 0 Å². The van der Waals surface area contributed by atoms with Gasteiger partial charge in [-0.05, 0) is 25.7 Å². The van der Waals surface area contributed by atoms with Crippen LogP contribution >= 0.6 is 0 Å². The van der Waals surface area contributed by atoms with Crippen LogP contribution in [-0.2, 0) is 9.53 Å². The van der Waals surface area contributed by atoms with E-state index >= 15 is 0 Å². The number of carboxylic acid groups (broad SMARTS) is 1. The van der Waals surface area contributed by atoms with Crippen LogP contribution in [0.5, 0.6) is 0 Å².